The SMILES string of the molecule is NCc1ccc(C(=O)c2ccc(CCC(=O)O)cc2)c(Cl)c1. The fourth-order valence-corrected chi connectivity index (χ4v) is 2.39. The number of carboxylic acids is 1. The molecule has 2 rings (SSSR count). The molecular weight excluding hydrogens is 302 g/mol. The Balaban J connectivity index is 2.17. The van der Waals surface area contributed by atoms with Crippen molar-refractivity contribution >= 4 is 23.4 Å². The van der Waals surface area contributed by atoms with Gasteiger partial charge in [-0.3, -0.25) is 9.59 Å². The summed E-state index contributed by atoms with van der Waals surface area (Å²) in [7, 11) is 0. The molecule has 0 heterocycles. The molecule has 0 unspecified atom stereocenters. The molecular formula is C17H16ClNO3. The van der Waals surface area contributed by atoms with Crippen LogP contribution in [0.2, 0.25) is 5.02 Å². The van der Waals surface area contributed by atoms with Crippen LogP contribution < -0.4 is 5.73 Å². The standard InChI is InChI=1S/C17H16ClNO3/c18-15-9-12(10-19)3-7-14(15)17(22)13-5-1-11(2-6-13)4-8-16(20)21/h1-3,5-7,9H,4,8,10,19H2,(H,20,21). The summed E-state index contributed by atoms with van der Waals surface area (Å²) in [6.07, 6.45) is 0.509. The monoisotopic (exact) mass is 317 g/mol. The molecule has 2 aromatic carbocycles. The predicted molar refractivity (Wildman–Crippen MR) is 85.2 cm³/mol. The topological polar surface area (TPSA) is 80.4 Å². The maximum absolute atomic E-state index is 12.4. The van der Waals surface area contributed by atoms with E-state index < -0.39 is 5.97 Å². The lowest BCUT2D eigenvalue weighted by Gasteiger charge is -2.06. The number of benzene rings is 2. The van der Waals surface area contributed by atoms with Crippen molar-refractivity contribution in [3.05, 3.63) is 69.7 Å². The van der Waals surface area contributed by atoms with Crippen LogP contribution in [0, 0.1) is 0 Å². The summed E-state index contributed by atoms with van der Waals surface area (Å²) >= 11 is 6.13. The van der Waals surface area contributed by atoms with Crippen LogP contribution in [0.1, 0.15) is 33.5 Å². The molecule has 0 fully saturated rings. The lowest BCUT2D eigenvalue weighted by Crippen LogP contribution is -2.04. The van der Waals surface area contributed by atoms with Crippen molar-refractivity contribution in [3.8, 4) is 0 Å². The van der Waals surface area contributed by atoms with Crippen LogP contribution in [0.15, 0.2) is 42.5 Å². The Labute approximate surface area is 133 Å². The molecule has 0 bridgehead atoms. The number of hydrogen-bond donors (Lipinski definition) is 2. The highest BCUT2D eigenvalue weighted by Gasteiger charge is 2.13. The zero-order valence-corrected chi connectivity index (χ0v) is 12.6. The third-order valence-electron chi connectivity index (χ3n) is 3.36. The number of aliphatic carboxylic acids is 1. The fourth-order valence-electron chi connectivity index (χ4n) is 2.10. The average molecular weight is 318 g/mol. The number of carbonyl (C=O) groups is 2. The van der Waals surface area contributed by atoms with E-state index in [0.717, 1.165) is 11.1 Å². The Morgan fingerprint density at radius 3 is 2.23 bits per heavy atom. The zero-order valence-electron chi connectivity index (χ0n) is 11.9. The van der Waals surface area contributed by atoms with E-state index in [0.29, 0.717) is 29.1 Å². The second-order valence-electron chi connectivity index (χ2n) is 4.94. The van der Waals surface area contributed by atoms with Gasteiger partial charge in [-0.15, -0.1) is 0 Å². The first-order valence-electron chi connectivity index (χ1n) is 6.85. The lowest BCUT2D eigenvalue weighted by molar-refractivity contribution is -0.136. The minimum atomic E-state index is -0.841. The van der Waals surface area contributed by atoms with Crippen molar-refractivity contribution in [1.82, 2.24) is 0 Å². The van der Waals surface area contributed by atoms with Crippen molar-refractivity contribution < 1.29 is 14.7 Å². The summed E-state index contributed by atoms with van der Waals surface area (Å²) < 4.78 is 0. The molecule has 0 aromatic heterocycles. The first kappa shape index (κ1) is 16.2. The second-order valence-corrected chi connectivity index (χ2v) is 5.35. The van der Waals surface area contributed by atoms with Gasteiger partial charge in [-0.2, -0.15) is 0 Å². The highest BCUT2D eigenvalue weighted by atomic mass is 35.5. The summed E-state index contributed by atoms with van der Waals surface area (Å²) in [6.45, 7) is 0.368. The Kier molecular flexibility index (Phi) is 5.31. The summed E-state index contributed by atoms with van der Waals surface area (Å²) in [4.78, 5) is 23.0. The molecule has 2 aromatic rings. The van der Waals surface area contributed by atoms with Gasteiger partial charge in [0.15, 0.2) is 5.78 Å². The van der Waals surface area contributed by atoms with Gasteiger partial charge in [0.1, 0.15) is 0 Å². The quantitative estimate of drug-likeness (QED) is 0.802. The smallest absolute Gasteiger partial charge is 0.303 e. The molecule has 0 aliphatic carbocycles. The van der Waals surface area contributed by atoms with Crippen molar-refractivity contribution in [2.24, 2.45) is 5.73 Å². The Morgan fingerprint density at radius 2 is 1.68 bits per heavy atom. The van der Waals surface area contributed by atoms with Gasteiger partial charge in [-0.05, 0) is 29.7 Å². The van der Waals surface area contributed by atoms with Gasteiger partial charge < -0.3 is 10.8 Å². The van der Waals surface area contributed by atoms with Gasteiger partial charge in [0.25, 0.3) is 0 Å². The molecule has 0 atom stereocenters. The number of aryl methyl sites for hydroxylation is 1. The Bertz CT molecular complexity index is 696. The fraction of sp³-hybridized carbons (Fsp3) is 0.176. The number of carbonyl (C=O) groups excluding carboxylic acids is 1. The van der Waals surface area contributed by atoms with Crippen LogP contribution in [-0.2, 0) is 17.8 Å². The highest BCUT2D eigenvalue weighted by Crippen LogP contribution is 2.21. The van der Waals surface area contributed by atoms with Crippen molar-refractivity contribution in [2.75, 3.05) is 0 Å². The number of nitrogens with two attached hydrogens (primary N) is 1. The van der Waals surface area contributed by atoms with E-state index in [4.69, 9.17) is 22.4 Å². The number of ketones is 1. The van der Waals surface area contributed by atoms with Crippen LogP contribution in [0.3, 0.4) is 0 Å². The van der Waals surface area contributed by atoms with Crippen LogP contribution in [0.5, 0.6) is 0 Å². The summed E-state index contributed by atoms with van der Waals surface area (Å²) in [5, 5.41) is 9.04. The third kappa shape index (κ3) is 3.93. The molecule has 0 aliphatic heterocycles. The van der Waals surface area contributed by atoms with Gasteiger partial charge in [0.2, 0.25) is 0 Å². The normalized spacial score (nSPS) is 10.5. The molecule has 22 heavy (non-hydrogen) atoms. The van der Waals surface area contributed by atoms with Crippen LogP contribution in [0.4, 0.5) is 0 Å². The van der Waals surface area contributed by atoms with E-state index in [1.807, 2.05) is 0 Å². The maximum atomic E-state index is 12.4. The largest absolute Gasteiger partial charge is 0.481 e. The number of hydrogen-bond acceptors (Lipinski definition) is 3. The maximum Gasteiger partial charge on any atom is 0.303 e. The molecule has 0 radical (unpaired) electrons. The van der Waals surface area contributed by atoms with Gasteiger partial charge in [-0.1, -0.05) is 41.9 Å². The van der Waals surface area contributed by atoms with Gasteiger partial charge in [-0.25, -0.2) is 0 Å². The van der Waals surface area contributed by atoms with E-state index in [1.54, 1.807) is 42.5 Å². The first-order chi connectivity index (χ1) is 10.5. The molecule has 4 nitrogen and oxygen atoms in total. The van der Waals surface area contributed by atoms with E-state index in [2.05, 4.69) is 0 Å². The summed E-state index contributed by atoms with van der Waals surface area (Å²) in [6, 6.07) is 12.0. The van der Waals surface area contributed by atoms with Gasteiger partial charge in [0, 0.05) is 24.1 Å². The second kappa shape index (κ2) is 7.20. The number of rotatable bonds is 6. The molecule has 114 valence electrons. The van der Waals surface area contributed by atoms with Crippen molar-refractivity contribution in [3.63, 3.8) is 0 Å². The minimum Gasteiger partial charge on any atom is -0.481 e. The van der Waals surface area contributed by atoms with Crippen molar-refractivity contribution in [1.29, 1.82) is 0 Å². The first-order valence-corrected chi connectivity index (χ1v) is 7.23. The molecule has 3 N–H and O–H groups in total. The van der Waals surface area contributed by atoms with E-state index in [9.17, 15) is 9.59 Å². The average Bonchev–Trinajstić information content (AvgIpc) is 2.52. The van der Waals surface area contributed by atoms with Crippen LogP contribution >= 0.6 is 11.6 Å². The van der Waals surface area contributed by atoms with Gasteiger partial charge >= 0.3 is 5.97 Å². The molecule has 5 heteroatoms. The minimum absolute atomic E-state index is 0.0691. The van der Waals surface area contributed by atoms with E-state index in [1.165, 1.54) is 0 Å². The predicted octanol–water partition coefficient (Wildman–Crippen LogP) is 3.05. The summed E-state index contributed by atoms with van der Waals surface area (Å²) in [5.74, 6) is -1.01. The third-order valence-corrected chi connectivity index (χ3v) is 3.67. The molecule has 0 spiro atoms. The van der Waals surface area contributed by atoms with Crippen LogP contribution in [-0.4, -0.2) is 16.9 Å². The molecule has 0 amide bonds. The zero-order chi connectivity index (χ0) is 16.1. The molecule has 0 saturated heterocycles. The van der Waals surface area contributed by atoms with Crippen LogP contribution in [0.25, 0.3) is 0 Å². The van der Waals surface area contributed by atoms with Gasteiger partial charge in [0.05, 0.1) is 5.02 Å². The van der Waals surface area contributed by atoms with Crippen molar-refractivity contribution in [2.45, 2.75) is 19.4 Å². The Hall–Kier alpha value is -2.17. The molecule has 0 saturated carbocycles. The highest BCUT2D eigenvalue weighted by molar-refractivity contribution is 6.35. The van der Waals surface area contributed by atoms with E-state index in [-0.39, 0.29) is 12.2 Å². The lowest BCUT2D eigenvalue weighted by atomic mass is 10.00. The number of carboxylic acid groups (broad SMARTS) is 1. The Morgan fingerprint density at radius 1 is 1.05 bits per heavy atom. The molecule has 0 aliphatic rings. The number of halogens is 1. The van der Waals surface area contributed by atoms with E-state index >= 15 is 0 Å². The summed E-state index contributed by atoms with van der Waals surface area (Å²) in [5.41, 5.74) is 8.22.